The third-order valence-electron chi connectivity index (χ3n) is 4.30. The van der Waals surface area contributed by atoms with Gasteiger partial charge in [0.2, 0.25) is 0 Å². The number of nitrogens with zero attached hydrogens (tertiary/aromatic N) is 2. The zero-order chi connectivity index (χ0) is 18.3. The largest absolute Gasteiger partial charge is 0.328 e. The fourth-order valence-electron chi connectivity index (χ4n) is 2.74. The van der Waals surface area contributed by atoms with Crippen molar-refractivity contribution in [3.05, 3.63) is 57.0 Å². The number of benzene rings is 2. The molecule has 6 nitrogen and oxygen atoms in total. The Balaban J connectivity index is 1.88. The summed E-state index contributed by atoms with van der Waals surface area (Å²) in [5.74, 6) is 0. The highest BCUT2D eigenvalue weighted by atomic mass is 35.5. The third kappa shape index (κ3) is 3.13. The predicted molar refractivity (Wildman–Crippen MR) is 102 cm³/mol. The molecule has 0 saturated carbocycles. The van der Waals surface area contributed by atoms with Gasteiger partial charge in [-0.05, 0) is 49.2 Å². The second-order valence-electron chi connectivity index (χ2n) is 6.10. The number of carbonyl (C=O) groups is 1. The highest BCUT2D eigenvalue weighted by Crippen LogP contribution is 2.23. The van der Waals surface area contributed by atoms with E-state index in [2.05, 4.69) is 10.6 Å². The van der Waals surface area contributed by atoms with Crippen molar-refractivity contribution in [1.29, 1.82) is 0 Å². The number of hydrogen-bond donors (Lipinski definition) is 2. The first-order valence-electron chi connectivity index (χ1n) is 7.78. The molecule has 0 fully saturated rings. The molecule has 130 valence electrons. The van der Waals surface area contributed by atoms with Crippen LogP contribution in [0.15, 0.2) is 35.1 Å². The van der Waals surface area contributed by atoms with E-state index >= 15 is 0 Å². The van der Waals surface area contributed by atoms with Crippen LogP contribution in [0.1, 0.15) is 11.1 Å². The highest BCUT2D eigenvalue weighted by Gasteiger charge is 2.12. The number of urea groups is 1. The van der Waals surface area contributed by atoms with Gasteiger partial charge in [0.15, 0.2) is 0 Å². The fourth-order valence-corrected chi connectivity index (χ4v) is 2.92. The molecule has 2 N–H and O–H groups in total. The van der Waals surface area contributed by atoms with Crippen LogP contribution < -0.4 is 16.3 Å². The van der Waals surface area contributed by atoms with Gasteiger partial charge in [-0.15, -0.1) is 0 Å². The lowest BCUT2D eigenvalue weighted by Gasteiger charge is -2.11. The Morgan fingerprint density at radius 1 is 0.960 bits per heavy atom. The number of aromatic nitrogens is 2. The molecule has 0 atom stereocenters. The molecule has 0 aliphatic heterocycles. The van der Waals surface area contributed by atoms with Gasteiger partial charge in [-0.25, -0.2) is 9.59 Å². The maximum Gasteiger partial charge on any atom is 0.328 e. The number of fused-ring (bicyclic) bond motifs is 1. The molecule has 0 saturated heterocycles. The summed E-state index contributed by atoms with van der Waals surface area (Å²) in [4.78, 5) is 24.3. The van der Waals surface area contributed by atoms with E-state index < -0.39 is 0 Å². The summed E-state index contributed by atoms with van der Waals surface area (Å²) in [6.07, 6.45) is 0. The number of aryl methyl sites for hydroxylation is 4. The number of rotatable bonds is 2. The molecule has 7 heteroatoms. The Bertz CT molecular complexity index is 1050. The van der Waals surface area contributed by atoms with Crippen molar-refractivity contribution in [1.82, 2.24) is 9.13 Å². The van der Waals surface area contributed by atoms with Crippen molar-refractivity contribution in [2.24, 2.45) is 14.1 Å². The van der Waals surface area contributed by atoms with Crippen LogP contribution in [-0.4, -0.2) is 15.2 Å². The maximum absolute atomic E-state index is 12.3. The third-order valence-corrected chi connectivity index (χ3v) is 4.70. The molecule has 0 radical (unpaired) electrons. The van der Waals surface area contributed by atoms with Crippen LogP contribution in [0.5, 0.6) is 0 Å². The van der Waals surface area contributed by atoms with E-state index in [1.807, 2.05) is 26.0 Å². The molecular formula is C18H19ClN4O2. The molecule has 3 aromatic rings. The van der Waals surface area contributed by atoms with Crippen LogP contribution in [-0.2, 0) is 14.1 Å². The Kier molecular flexibility index (Phi) is 4.30. The second kappa shape index (κ2) is 6.29. The van der Waals surface area contributed by atoms with Gasteiger partial charge < -0.3 is 10.6 Å². The van der Waals surface area contributed by atoms with E-state index in [-0.39, 0.29) is 11.7 Å². The molecule has 25 heavy (non-hydrogen) atoms. The average Bonchev–Trinajstić information content (AvgIpc) is 2.76. The van der Waals surface area contributed by atoms with Crippen molar-refractivity contribution < 1.29 is 4.79 Å². The van der Waals surface area contributed by atoms with Crippen LogP contribution in [0.2, 0.25) is 5.02 Å². The van der Waals surface area contributed by atoms with Gasteiger partial charge in [0.05, 0.1) is 11.0 Å². The lowest BCUT2D eigenvalue weighted by atomic mass is 10.1. The summed E-state index contributed by atoms with van der Waals surface area (Å²) in [5, 5.41) is 6.17. The number of nitrogens with one attached hydrogen (secondary N) is 2. The minimum Gasteiger partial charge on any atom is -0.308 e. The smallest absolute Gasteiger partial charge is 0.308 e. The number of anilines is 2. The number of halogens is 1. The Morgan fingerprint density at radius 2 is 1.60 bits per heavy atom. The second-order valence-corrected chi connectivity index (χ2v) is 6.51. The van der Waals surface area contributed by atoms with Gasteiger partial charge in [0.1, 0.15) is 0 Å². The van der Waals surface area contributed by atoms with E-state index in [1.165, 1.54) is 0 Å². The van der Waals surface area contributed by atoms with Gasteiger partial charge in [0, 0.05) is 30.5 Å². The van der Waals surface area contributed by atoms with E-state index in [0.717, 1.165) is 22.2 Å². The molecule has 0 aliphatic rings. The molecule has 0 aliphatic carbocycles. The zero-order valence-corrected chi connectivity index (χ0v) is 15.2. The Hall–Kier alpha value is -2.73. The van der Waals surface area contributed by atoms with E-state index in [9.17, 15) is 9.59 Å². The first-order chi connectivity index (χ1) is 11.8. The van der Waals surface area contributed by atoms with Crippen LogP contribution in [0.4, 0.5) is 16.2 Å². The lowest BCUT2D eigenvalue weighted by Crippen LogP contribution is -2.20. The summed E-state index contributed by atoms with van der Waals surface area (Å²) in [7, 11) is 3.43. The maximum atomic E-state index is 12.3. The zero-order valence-electron chi connectivity index (χ0n) is 14.5. The number of amides is 2. The first-order valence-corrected chi connectivity index (χ1v) is 8.16. The normalized spacial score (nSPS) is 10.9. The van der Waals surface area contributed by atoms with E-state index in [4.69, 9.17) is 11.6 Å². The van der Waals surface area contributed by atoms with Crippen molar-refractivity contribution in [2.75, 3.05) is 10.6 Å². The SMILES string of the molecule is Cc1ccc(NC(=O)Nc2cc3c(cc2C)n(C)c(=O)n3C)cc1Cl. The monoisotopic (exact) mass is 358 g/mol. The molecule has 1 aromatic heterocycles. The van der Waals surface area contributed by atoms with Crippen molar-refractivity contribution in [2.45, 2.75) is 13.8 Å². The quantitative estimate of drug-likeness (QED) is 0.731. The van der Waals surface area contributed by atoms with Crippen molar-refractivity contribution >= 4 is 40.0 Å². The molecule has 1 heterocycles. The Labute approximate surface area is 150 Å². The van der Waals surface area contributed by atoms with Gasteiger partial charge in [-0.2, -0.15) is 0 Å². The standard InChI is InChI=1S/C18H19ClN4O2/c1-10-5-6-12(8-13(10)19)20-17(24)21-14-9-16-15(7-11(14)2)22(3)18(25)23(16)4/h5-9H,1-4H3,(H2,20,21,24). The van der Waals surface area contributed by atoms with Crippen molar-refractivity contribution in [3.63, 3.8) is 0 Å². The minimum absolute atomic E-state index is 0.106. The van der Waals surface area contributed by atoms with Gasteiger partial charge in [-0.3, -0.25) is 9.13 Å². The molecule has 2 amide bonds. The summed E-state index contributed by atoms with van der Waals surface area (Å²) in [6, 6.07) is 8.64. The Morgan fingerprint density at radius 3 is 2.24 bits per heavy atom. The highest BCUT2D eigenvalue weighted by molar-refractivity contribution is 6.31. The molecule has 3 rings (SSSR count). The number of imidazole rings is 1. The molecule has 0 unspecified atom stereocenters. The van der Waals surface area contributed by atoms with Gasteiger partial charge >= 0.3 is 11.7 Å². The van der Waals surface area contributed by atoms with Crippen molar-refractivity contribution in [3.8, 4) is 0 Å². The molecule has 0 bridgehead atoms. The molecule has 0 spiro atoms. The molecular weight excluding hydrogens is 340 g/mol. The van der Waals surface area contributed by atoms with Crippen LogP contribution >= 0.6 is 11.6 Å². The lowest BCUT2D eigenvalue weighted by molar-refractivity contribution is 0.262. The van der Waals surface area contributed by atoms with E-state index in [0.29, 0.717) is 16.4 Å². The minimum atomic E-state index is -0.372. The average molecular weight is 359 g/mol. The summed E-state index contributed by atoms with van der Waals surface area (Å²) in [6.45, 7) is 3.78. The number of hydrogen-bond acceptors (Lipinski definition) is 2. The predicted octanol–water partition coefficient (Wildman–Crippen LogP) is 3.79. The van der Waals surface area contributed by atoms with Crippen LogP contribution in [0.3, 0.4) is 0 Å². The van der Waals surface area contributed by atoms with Crippen LogP contribution in [0, 0.1) is 13.8 Å². The van der Waals surface area contributed by atoms with Crippen LogP contribution in [0.25, 0.3) is 11.0 Å². The fraction of sp³-hybridized carbons (Fsp3) is 0.222. The summed E-state index contributed by atoms with van der Waals surface area (Å²) < 4.78 is 3.14. The first kappa shape index (κ1) is 17.1. The topological polar surface area (TPSA) is 68.1 Å². The molecule has 2 aromatic carbocycles. The van der Waals surface area contributed by atoms with E-state index in [1.54, 1.807) is 41.4 Å². The van der Waals surface area contributed by atoms with Gasteiger partial charge in [-0.1, -0.05) is 17.7 Å². The summed E-state index contributed by atoms with van der Waals surface area (Å²) >= 11 is 6.08. The number of carbonyl (C=O) groups excluding carboxylic acids is 1. The summed E-state index contributed by atoms with van der Waals surface area (Å²) in [5.41, 5.74) is 4.53. The van der Waals surface area contributed by atoms with Gasteiger partial charge in [0.25, 0.3) is 0 Å².